The van der Waals surface area contributed by atoms with Crippen LogP contribution in [0.3, 0.4) is 0 Å². The molecular weight excluding hydrogens is 212 g/mol. The van der Waals surface area contributed by atoms with Gasteiger partial charge in [-0.05, 0) is 18.3 Å². The monoisotopic (exact) mass is 240 g/mol. The van der Waals surface area contributed by atoms with E-state index in [4.69, 9.17) is 5.73 Å². The van der Waals surface area contributed by atoms with Gasteiger partial charge in [0.05, 0.1) is 0 Å². The third kappa shape index (κ3) is 5.07. The minimum atomic E-state index is 0.171. The molecule has 0 bridgehead atoms. The summed E-state index contributed by atoms with van der Waals surface area (Å²) in [5, 5.41) is 2.94. The molecule has 1 fully saturated rings. The van der Waals surface area contributed by atoms with Gasteiger partial charge in [0.15, 0.2) is 0 Å². The highest BCUT2D eigenvalue weighted by atomic mass is 16.1. The Balaban J connectivity index is 2.43. The Labute approximate surface area is 106 Å². The van der Waals surface area contributed by atoms with E-state index in [1.54, 1.807) is 0 Å². The molecule has 1 amide bonds. The Kier molecular flexibility index (Phi) is 6.56. The van der Waals surface area contributed by atoms with Crippen LogP contribution in [-0.4, -0.2) is 19.0 Å². The fourth-order valence-electron chi connectivity index (χ4n) is 2.79. The number of carbonyl (C=O) groups excluding carboxylic acids is 1. The van der Waals surface area contributed by atoms with Crippen LogP contribution in [0.25, 0.3) is 0 Å². The Morgan fingerprint density at radius 3 is 2.47 bits per heavy atom. The molecule has 0 aromatic carbocycles. The maximum atomic E-state index is 12.1. The van der Waals surface area contributed by atoms with E-state index in [1.807, 2.05) is 0 Å². The van der Waals surface area contributed by atoms with E-state index in [0.29, 0.717) is 19.0 Å². The first-order valence-corrected chi connectivity index (χ1v) is 7.13. The molecule has 0 saturated heterocycles. The summed E-state index contributed by atoms with van der Waals surface area (Å²) in [5.41, 5.74) is 5.42. The number of carbonyl (C=O) groups is 1. The number of rotatable bonds is 6. The fraction of sp³-hybridized carbons (Fsp3) is 0.929. The summed E-state index contributed by atoms with van der Waals surface area (Å²) in [6.07, 6.45) is 7.76. The van der Waals surface area contributed by atoms with E-state index in [9.17, 15) is 4.79 Å². The summed E-state index contributed by atoms with van der Waals surface area (Å²) in [6, 6.07) is 0. The first-order valence-electron chi connectivity index (χ1n) is 7.13. The second kappa shape index (κ2) is 7.70. The lowest BCUT2D eigenvalue weighted by atomic mass is 9.79. The zero-order valence-corrected chi connectivity index (χ0v) is 11.4. The summed E-state index contributed by atoms with van der Waals surface area (Å²) in [4.78, 5) is 12.1. The van der Waals surface area contributed by atoms with Crippen LogP contribution in [0.2, 0.25) is 0 Å². The van der Waals surface area contributed by atoms with Crippen molar-refractivity contribution in [2.75, 3.05) is 13.1 Å². The van der Waals surface area contributed by atoms with Crippen LogP contribution in [0.1, 0.15) is 52.4 Å². The van der Waals surface area contributed by atoms with E-state index in [0.717, 1.165) is 12.3 Å². The van der Waals surface area contributed by atoms with Crippen molar-refractivity contribution in [2.45, 2.75) is 52.4 Å². The van der Waals surface area contributed by atoms with Crippen LogP contribution in [0, 0.1) is 17.8 Å². The van der Waals surface area contributed by atoms with Gasteiger partial charge in [-0.3, -0.25) is 4.79 Å². The average molecular weight is 240 g/mol. The zero-order chi connectivity index (χ0) is 12.7. The molecular formula is C14H28N2O. The first-order chi connectivity index (χ1) is 8.15. The summed E-state index contributed by atoms with van der Waals surface area (Å²) in [5.74, 6) is 1.56. The lowest BCUT2D eigenvalue weighted by Crippen LogP contribution is -2.37. The highest BCUT2D eigenvalue weighted by Gasteiger charge is 2.26. The van der Waals surface area contributed by atoms with Crippen LogP contribution >= 0.6 is 0 Å². The van der Waals surface area contributed by atoms with E-state index in [2.05, 4.69) is 19.2 Å². The number of nitrogens with two attached hydrogens (primary N) is 1. The van der Waals surface area contributed by atoms with Crippen molar-refractivity contribution in [1.29, 1.82) is 0 Å². The average Bonchev–Trinajstić information content (AvgIpc) is 2.34. The molecule has 100 valence electrons. The number of amides is 1. The van der Waals surface area contributed by atoms with E-state index < -0.39 is 0 Å². The van der Waals surface area contributed by atoms with Crippen molar-refractivity contribution in [3.05, 3.63) is 0 Å². The van der Waals surface area contributed by atoms with Gasteiger partial charge in [0, 0.05) is 19.0 Å². The molecule has 1 atom stereocenters. The molecule has 1 rings (SSSR count). The van der Waals surface area contributed by atoms with Gasteiger partial charge in [-0.25, -0.2) is 0 Å². The van der Waals surface area contributed by atoms with Crippen molar-refractivity contribution in [2.24, 2.45) is 23.5 Å². The second-order valence-electron chi connectivity index (χ2n) is 5.67. The molecule has 1 unspecified atom stereocenters. The second-order valence-corrected chi connectivity index (χ2v) is 5.67. The van der Waals surface area contributed by atoms with Gasteiger partial charge < -0.3 is 11.1 Å². The van der Waals surface area contributed by atoms with E-state index in [1.165, 1.54) is 32.1 Å². The molecule has 0 radical (unpaired) electrons. The summed E-state index contributed by atoms with van der Waals surface area (Å²) >= 11 is 0. The van der Waals surface area contributed by atoms with Gasteiger partial charge in [-0.15, -0.1) is 0 Å². The number of hydrogen-bond acceptors (Lipinski definition) is 2. The van der Waals surface area contributed by atoms with Gasteiger partial charge in [0.1, 0.15) is 0 Å². The van der Waals surface area contributed by atoms with Crippen LogP contribution < -0.4 is 11.1 Å². The molecule has 1 aliphatic rings. The fourth-order valence-corrected chi connectivity index (χ4v) is 2.79. The predicted octanol–water partition coefficient (Wildman–Crippen LogP) is 2.30. The molecule has 3 nitrogen and oxygen atoms in total. The minimum Gasteiger partial charge on any atom is -0.355 e. The molecule has 17 heavy (non-hydrogen) atoms. The SMILES string of the molecule is CC(C)C(CC1CCCCC1)C(=O)NCCN. The molecule has 0 aromatic heterocycles. The van der Waals surface area contributed by atoms with Gasteiger partial charge in [-0.2, -0.15) is 0 Å². The van der Waals surface area contributed by atoms with Crippen LogP contribution in [0.15, 0.2) is 0 Å². The maximum Gasteiger partial charge on any atom is 0.223 e. The normalized spacial score (nSPS) is 19.3. The largest absolute Gasteiger partial charge is 0.355 e. The van der Waals surface area contributed by atoms with Gasteiger partial charge in [-0.1, -0.05) is 46.0 Å². The van der Waals surface area contributed by atoms with Crippen molar-refractivity contribution in [3.8, 4) is 0 Å². The lowest BCUT2D eigenvalue weighted by molar-refractivity contribution is -0.127. The Morgan fingerprint density at radius 1 is 1.29 bits per heavy atom. The molecule has 1 saturated carbocycles. The van der Waals surface area contributed by atoms with Crippen molar-refractivity contribution >= 4 is 5.91 Å². The standard InChI is InChI=1S/C14H28N2O/c1-11(2)13(14(17)16-9-8-15)10-12-6-4-3-5-7-12/h11-13H,3-10,15H2,1-2H3,(H,16,17). The third-order valence-corrected chi connectivity index (χ3v) is 3.90. The molecule has 0 heterocycles. The molecule has 0 aromatic rings. The van der Waals surface area contributed by atoms with Crippen LogP contribution in [0.5, 0.6) is 0 Å². The van der Waals surface area contributed by atoms with Crippen molar-refractivity contribution in [1.82, 2.24) is 5.32 Å². The summed E-state index contributed by atoms with van der Waals surface area (Å²) < 4.78 is 0. The number of nitrogens with one attached hydrogen (secondary N) is 1. The number of hydrogen-bond donors (Lipinski definition) is 2. The molecule has 1 aliphatic carbocycles. The van der Waals surface area contributed by atoms with Crippen LogP contribution in [-0.2, 0) is 4.79 Å². The topological polar surface area (TPSA) is 55.1 Å². The Morgan fingerprint density at radius 2 is 1.94 bits per heavy atom. The lowest BCUT2D eigenvalue weighted by Gasteiger charge is -2.28. The minimum absolute atomic E-state index is 0.171. The predicted molar refractivity (Wildman–Crippen MR) is 71.6 cm³/mol. The quantitative estimate of drug-likeness (QED) is 0.748. The molecule has 0 aliphatic heterocycles. The highest BCUT2D eigenvalue weighted by Crippen LogP contribution is 2.31. The third-order valence-electron chi connectivity index (χ3n) is 3.90. The molecule has 0 spiro atoms. The van der Waals surface area contributed by atoms with E-state index >= 15 is 0 Å². The van der Waals surface area contributed by atoms with E-state index in [-0.39, 0.29) is 11.8 Å². The summed E-state index contributed by atoms with van der Waals surface area (Å²) in [6.45, 7) is 5.43. The molecule has 3 N–H and O–H groups in total. The van der Waals surface area contributed by atoms with Gasteiger partial charge in [0.2, 0.25) is 5.91 Å². The Bertz CT molecular complexity index is 222. The van der Waals surface area contributed by atoms with Crippen molar-refractivity contribution in [3.63, 3.8) is 0 Å². The smallest absolute Gasteiger partial charge is 0.223 e. The van der Waals surface area contributed by atoms with Crippen molar-refractivity contribution < 1.29 is 4.79 Å². The zero-order valence-electron chi connectivity index (χ0n) is 11.4. The Hall–Kier alpha value is -0.570. The first kappa shape index (κ1) is 14.5. The summed E-state index contributed by atoms with van der Waals surface area (Å²) in [7, 11) is 0. The van der Waals surface area contributed by atoms with Gasteiger partial charge in [0.25, 0.3) is 0 Å². The maximum absolute atomic E-state index is 12.1. The highest BCUT2D eigenvalue weighted by molar-refractivity contribution is 5.78. The van der Waals surface area contributed by atoms with Gasteiger partial charge >= 0.3 is 0 Å². The van der Waals surface area contributed by atoms with Crippen LogP contribution in [0.4, 0.5) is 0 Å². The molecule has 3 heteroatoms.